The molecule has 0 saturated heterocycles. The Hall–Kier alpha value is -2.91. The van der Waals surface area contributed by atoms with Crippen LogP contribution >= 0.6 is 11.6 Å². The second-order valence-electron chi connectivity index (χ2n) is 5.64. The number of nitrogens with zero attached hydrogens (tertiary/aromatic N) is 3. The first-order chi connectivity index (χ1) is 13.4. The normalized spacial score (nSPS) is 11.3. The van der Waals surface area contributed by atoms with E-state index in [1.165, 1.54) is 18.2 Å². The van der Waals surface area contributed by atoms with E-state index >= 15 is 0 Å². The van der Waals surface area contributed by atoms with Gasteiger partial charge in [0.2, 0.25) is 5.95 Å². The predicted molar refractivity (Wildman–Crippen MR) is 101 cm³/mol. The third-order valence-electron chi connectivity index (χ3n) is 3.65. The molecule has 146 valence electrons. The summed E-state index contributed by atoms with van der Waals surface area (Å²) >= 11 is 6.00. The van der Waals surface area contributed by atoms with Gasteiger partial charge < -0.3 is 15.7 Å². The summed E-state index contributed by atoms with van der Waals surface area (Å²) in [5.74, 6) is 0.242. The topological polar surface area (TPSA) is 83.0 Å². The summed E-state index contributed by atoms with van der Waals surface area (Å²) in [6, 6.07) is 8.47. The maximum atomic E-state index is 13.3. The average molecular weight is 410 g/mol. The van der Waals surface area contributed by atoms with Crippen LogP contribution in [-0.4, -0.2) is 33.2 Å². The fourth-order valence-corrected chi connectivity index (χ4v) is 2.66. The molecule has 3 aromatic rings. The van der Waals surface area contributed by atoms with Gasteiger partial charge in [0.15, 0.2) is 0 Å². The van der Waals surface area contributed by atoms with E-state index in [1.807, 2.05) is 0 Å². The Balaban J connectivity index is 2.05. The lowest BCUT2D eigenvalue weighted by Gasteiger charge is -2.16. The number of hydrogen-bond acceptors (Lipinski definition) is 6. The van der Waals surface area contributed by atoms with Crippen molar-refractivity contribution in [2.75, 3.05) is 23.8 Å². The Morgan fingerprint density at radius 1 is 1.11 bits per heavy atom. The van der Waals surface area contributed by atoms with Gasteiger partial charge in [0, 0.05) is 30.6 Å². The average Bonchev–Trinajstić information content (AvgIpc) is 2.67. The van der Waals surface area contributed by atoms with Gasteiger partial charge in [-0.3, -0.25) is 4.98 Å². The minimum Gasteiger partial charge on any atom is -0.395 e. The number of halogens is 4. The van der Waals surface area contributed by atoms with Crippen molar-refractivity contribution in [2.45, 2.75) is 6.18 Å². The van der Waals surface area contributed by atoms with Crippen molar-refractivity contribution in [3.63, 3.8) is 0 Å². The highest BCUT2D eigenvalue weighted by atomic mass is 35.5. The van der Waals surface area contributed by atoms with Gasteiger partial charge in [0.1, 0.15) is 5.82 Å². The quantitative estimate of drug-likeness (QED) is 0.561. The van der Waals surface area contributed by atoms with Crippen molar-refractivity contribution < 1.29 is 18.3 Å². The zero-order valence-electron chi connectivity index (χ0n) is 14.3. The first kappa shape index (κ1) is 19.8. The van der Waals surface area contributed by atoms with Crippen LogP contribution in [0.1, 0.15) is 5.56 Å². The van der Waals surface area contributed by atoms with Crippen LogP contribution in [0.15, 0.2) is 48.8 Å². The molecule has 0 atom stereocenters. The van der Waals surface area contributed by atoms with Crippen LogP contribution in [0.4, 0.5) is 30.6 Å². The molecule has 10 heteroatoms. The molecule has 3 rings (SSSR count). The molecule has 0 bridgehead atoms. The van der Waals surface area contributed by atoms with Crippen molar-refractivity contribution in [3.8, 4) is 11.3 Å². The molecule has 0 amide bonds. The Labute approximate surface area is 163 Å². The molecule has 2 aromatic heterocycles. The van der Waals surface area contributed by atoms with Crippen LogP contribution in [0.5, 0.6) is 0 Å². The molecule has 0 aliphatic rings. The van der Waals surface area contributed by atoms with E-state index in [-0.39, 0.29) is 35.6 Å². The van der Waals surface area contributed by atoms with Crippen molar-refractivity contribution in [1.29, 1.82) is 0 Å². The maximum Gasteiger partial charge on any atom is 0.418 e. The van der Waals surface area contributed by atoms with Crippen LogP contribution in [0.3, 0.4) is 0 Å². The molecule has 1 aromatic carbocycles. The maximum absolute atomic E-state index is 13.3. The summed E-state index contributed by atoms with van der Waals surface area (Å²) in [6.07, 6.45) is -1.43. The number of rotatable bonds is 6. The van der Waals surface area contributed by atoms with Crippen molar-refractivity contribution in [1.82, 2.24) is 15.0 Å². The van der Waals surface area contributed by atoms with Gasteiger partial charge in [0.25, 0.3) is 0 Å². The molecule has 3 N–H and O–H groups in total. The van der Waals surface area contributed by atoms with Gasteiger partial charge in [-0.2, -0.15) is 18.2 Å². The van der Waals surface area contributed by atoms with Gasteiger partial charge in [-0.15, -0.1) is 0 Å². The largest absolute Gasteiger partial charge is 0.418 e. The molecular weight excluding hydrogens is 395 g/mol. The van der Waals surface area contributed by atoms with Gasteiger partial charge in [-0.05, 0) is 24.3 Å². The molecule has 2 heterocycles. The number of aromatic nitrogens is 3. The van der Waals surface area contributed by atoms with E-state index in [0.29, 0.717) is 11.3 Å². The van der Waals surface area contributed by atoms with Crippen molar-refractivity contribution >= 4 is 29.1 Å². The van der Waals surface area contributed by atoms with Crippen LogP contribution in [0.25, 0.3) is 11.3 Å². The highest BCUT2D eigenvalue weighted by Gasteiger charge is 2.34. The molecule has 0 radical (unpaired) electrons. The van der Waals surface area contributed by atoms with Gasteiger partial charge in [-0.25, -0.2) is 4.98 Å². The molecule has 28 heavy (non-hydrogen) atoms. The Morgan fingerprint density at radius 2 is 1.93 bits per heavy atom. The SMILES string of the molecule is OCCNc1nc(Nc2c(Cl)cccc2C(F)(F)F)cc(-c2cccnc2)n1. The second-order valence-corrected chi connectivity index (χ2v) is 6.05. The molecule has 0 saturated carbocycles. The standard InChI is InChI=1S/C18H15ClF3N5O/c19-13-5-1-4-12(18(20,21)22)16(13)26-15-9-14(11-3-2-6-23-10-11)25-17(27-15)24-7-8-28/h1-6,9-10,28H,7-8H2,(H2,24,25,26,27). The minimum atomic E-state index is -4.59. The number of aliphatic hydroxyl groups excluding tert-OH is 1. The van der Waals surface area contributed by atoms with Crippen molar-refractivity contribution in [3.05, 3.63) is 59.4 Å². The van der Waals surface area contributed by atoms with Crippen LogP contribution < -0.4 is 10.6 Å². The molecule has 0 aliphatic carbocycles. The highest BCUT2D eigenvalue weighted by molar-refractivity contribution is 6.33. The van der Waals surface area contributed by atoms with Gasteiger partial charge in [0.05, 0.1) is 28.6 Å². The number of benzene rings is 1. The van der Waals surface area contributed by atoms with E-state index < -0.39 is 11.7 Å². The highest BCUT2D eigenvalue weighted by Crippen LogP contribution is 2.39. The van der Waals surface area contributed by atoms with Crippen LogP contribution in [0.2, 0.25) is 5.02 Å². The summed E-state index contributed by atoms with van der Waals surface area (Å²) in [6.45, 7) is 0.0157. The summed E-state index contributed by atoms with van der Waals surface area (Å²) in [5.41, 5.74) is -0.131. The molecule has 0 spiro atoms. The predicted octanol–water partition coefficient (Wildman–Crippen LogP) is 4.36. The van der Waals surface area contributed by atoms with Gasteiger partial charge in [-0.1, -0.05) is 17.7 Å². The van der Waals surface area contributed by atoms with E-state index in [2.05, 4.69) is 25.6 Å². The van der Waals surface area contributed by atoms with Gasteiger partial charge >= 0.3 is 6.18 Å². The summed E-state index contributed by atoms with van der Waals surface area (Å²) < 4.78 is 40.0. The van der Waals surface area contributed by atoms with Crippen LogP contribution in [0, 0.1) is 0 Å². The Morgan fingerprint density at radius 3 is 2.61 bits per heavy atom. The second kappa shape index (κ2) is 8.41. The number of para-hydroxylation sites is 1. The molecule has 6 nitrogen and oxygen atoms in total. The van der Waals surface area contributed by atoms with Crippen molar-refractivity contribution in [2.24, 2.45) is 0 Å². The molecule has 0 fully saturated rings. The Bertz CT molecular complexity index is 954. The third-order valence-corrected chi connectivity index (χ3v) is 3.97. The third kappa shape index (κ3) is 4.68. The number of pyridine rings is 1. The number of aliphatic hydroxyl groups is 1. The zero-order chi connectivity index (χ0) is 20.1. The molecular formula is C18H15ClF3N5O. The lowest BCUT2D eigenvalue weighted by atomic mass is 10.1. The lowest BCUT2D eigenvalue weighted by Crippen LogP contribution is -2.12. The number of hydrogen-bond donors (Lipinski definition) is 3. The molecule has 0 unspecified atom stereocenters. The fourth-order valence-electron chi connectivity index (χ4n) is 2.44. The summed E-state index contributed by atoms with van der Waals surface area (Å²) in [7, 11) is 0. The monoisotopic (exact) mass is 409 g/mol. The van der Waals surface area contributed by atoms with Crippen LogP contribution in [-0.2, 0) is 6.18 Å². The number of anilines is 3. The number of nitrogens with one attached hydrogen (secondary N) is 2. The van der Waals surface area contributed by atoms with E-state index in [0.717, 1.165) is 6.07 Å². The Kier molecular flexibility index (Phi) is 5.96. The van der Waals surface area contributed by atoms with E-state index in [1.54, 1.807) is 24.5 Å². The summed E-state index contributed by atoms with van der Waals surface area (Å²) in [4.78, 5) is 12.5. The molecule has 0 aliphatic heterocycles. The summed E-state index contributed by atoms with van der Waals surface area (Å²) in [5, 5.41) is 14.3. The lowest BCUT2D eigenvalue weighted by molar-refractivity contribution is -0.136. The number of alkyl halides is 3. The van der Waals surface area contributed by atoms with E-state index in [9.17, 15) is 13.2 Å². The van der Waals surface area contributed by atoms with E-state index in [4.69, 9.17) is 16.7 Å². The first-order valence-corrected chi connectivity index (χ1v) is 8.53. The zero-order valence-corrected chi connectivity index (χ0v) is 15.1. The minimum absolute atomic E-state index is 0.0961. The smallest absolute Gasteiger partial charge is 0.395 e. The first-order valence-electron chi connectivity index (χ1n) is 8.15. The fraction of sp³-hybridized carbons (Fsp3) is 0.167.